The highest BCUT2D eigenvalue weighted by atomic mass is 79.9. The average Bonchev–Trinajstić information content (AvgIpc) is 2.60. The molecule has 0 aliphatic rings. The van der Waals surface area contributed by atoms with Gasteiger partial charge in [-0.15, -0.1) is 0 Å². The molecule has 0 saturated carbocycles. The molecule has 2 aromatic heterocycles. The molecule has 0 bridgehead atoms. The Kier molecular flexibility index (Phi) is 2.48. The fourth-order valence-electron chi connectivity index (χ4n) is 1.21. The number of rotatable bonds is 1. The molecule has 0 radical (unpaired) electrons. The fraction of sp³-hybridized carbons (Fsp3) is 0.200. The van der Waals surface area contributed by atoms with Crippen molar-refractivity contribution in [3.8, 4) is 11.6 Å². The quantitative estimate of drug-likeness (QED) is 0.863. The highest BCUT2D eigenvalue weighted by Gasteiger charge is 2.12. The molecule has 0 unspecified atom stereocenters. The summed E-state index contributed by atoms with van der Waals surface area (Å²) in [6.45, 7) is 3.79. The van der Waals surface area contributed by atoms with Crippen LogP contribution in [0.5, 0.6) is 0 Å². The largest absolute Gasteiger partial charge is 0.460 e. The highest BCUT2D eigenvalue weighted by molar-refractivity contribution is 9.10. The van der Waals surface area contributed by atoms with Crippen LogP contribution in [0.4, 0.5) is 5.82 Å². The Balaban J connectivity index is 2.60. The third-order valence-electron chi connectivity index (χ3n) is 2.25. The normalized spacial score (nSPS) is 10.6. The summed E-state index contributed by atoms with van der Waals surface area (Å²) in [5, 5.41) is 0. The van der Waals surface area contributed by atoms with Crippen LogP contribution in [0.2, 0.25) is 0 Å². The van der Waals surface area contributed by atoms with Gasteiger partial charge in [-0.05, 0) is 35.8 Å². The standard InChI is InChI=1S/C10H10BrN3O/c1-5-6(2)13-10(14-9(5)12)8-7(11)3-4-15-8/h3-4H,1-2H3,(H2,12,13,14). The lowest BCUT2D eigenvalue weighted by Gasteiger charge is -2.05. The van der Waals surface area contributed by atoms with Crippen molar-refractivity contribution in [1.29, 1.82) is 0 Å². The number of anilines is 1. The first kappa shape index (κ1) is 10.2. The fourth-order valence-corrected chi connectivity index (χ4v) is 1.58. The third-order valence-corrected chi connectivity index (χ3v) is 2.87. The van der Waals surface area contributed by atoms with Gasteiger partial charge in [0.05, 0.1) is 10.7 Å². The molecule has 0 aliphatic carbocycles. The minimum absolute atomic E-state index is 0.487. The van der Waals surface area contributed by atoms with Crippen molar-refractivity contribution >= 4 is 21.7 Å². The van der Waals surface area contributed by atoms with Crippen LogP contribution in [0.3, 0.4) is 0 Å². The van der Waals surface area contributed by atoms with E-state index in [9.17, 15) is 0 Å². The number of nitrogen functional groups attached to an aromatic ring is 1. The molecule has 2 N–H and O–H groups in total. The van der Waals surface area contributed by atoms with Crippen LogP contribution in [0.1, 0.15) is 11.3 Å². The van der Waals surface area contributed by atoms with E-state index in [-0.39, 0.29) is 0 Å². The number of furan rings is 1. The summed E-state index contributed by atoms with van der Waals surface area (Å²) < 4.78 is 6.10. The molecule has 0 amide bonds. The van der Waals surface area contributed by atoms with Gasteiger partial charge in [0.15, 0.2) is 11.6 Å². The van der Waals surface area contributed by atoms with E-state index in [4.69, 9.17) is 10.2 Å². The molecule has 2 rings (SSSR count). The van der Waals surface area contributed by atoms with E-state index in [2.05, 4.69) is 25.9 Å². The molecule has 0 saturated heterocycles. The van der Waals surface area contributed by atoms with Gasteiger partial charge in [0.25, 0.3) is 0 Å². The Morgan fingerprint density at radius 3 is 2.60 bits per heavy atom. The molecule has 0 aliphatic heterocycles. The van der Waals surface area contributed by atoms with Crippen molar-refractivity contribution in [2.75, 3.05) is 5.73 Å². The molecule has 0 atom stereocenters. The van der Waals surface area contributed by atoms with Gasteiger partial charge in [-0.25, -0.2) is 9.97 Å². The van der Waals surface area contributed by atoms with Crippen molar-refractivity contribution in [3.05, 3.63) is 28.1 Å². The summed E-state index contributed by atoms with van der Waals surface area (Å²) in [6, 6.07) is 1.80. The van der Waals surface area contributed by atoms with Crippen LogP contribution in [0.15, 0.2) is 21.2 Å². The molecule has 0 fully saturated rings. The summed E-state index contributed by atoms with van der Waals surface area (Å²) in [7, 11) is 0. The second-order valence-corrected chi connectivity index (χ2v) is 4.09. The van der Waals surface area contributed by atoms with Gasteiger partial charge in [-0.3, -0.25) is 0 Å². The SMILES string of the molecule is Cc1nc(-c2occc2Br)nc(N)c1C. The number of hydrogen-bond acceptors (Lipinski definition) is 4. The molecule has 5 heteroatoms. The van der Waals surface area contributed by atoms with Crippen LogP contribution in [-0.2, 0) is 0 Å². The van der Waals surface area contributed by atoms with Crippen LogP contribution >= 0.6 is 15.9 Å². The number of aromatic nitrogens is 2. The summed E-state index contributed by atoms with van der Waals surface area (Å²) in [4.78, 5) is 8.50. The predicted molar refractivity (Wildman–Crippen MR) is 61.3 cm³/mol. The van der Waals surface area contributed by atoms with Crippen molar-refractivity contribution < 1.29 is 4.42 Å². The Bertz CT molecular complexity index is 484. The van der Waals surface area contributed by atoms with E-state index in [1.807, 2.05) is 13.8 Å². The van der Waals surface area contributed by atoms with E-state index >= 15 is 0 Å². The first-order chi connectivity index (χ1) is 7.09. The van der Waals surface area contributed by atoms with Crippen LogP contribution in [0, 0.1) is 13.8 Å². The van der Waals surface area contributed by atoms with E-state index in [0.717, 1.165) is 15.7 Å². The third kappa shape index (κ3) is 1.74. The number of aryl methyl sites for hydroxylation is 1. The van der Waals surface area contributed by atoms with E-state index in [1.165, 1.54) is 0 Å². The maximum atomic E-state index is 5.77. The van der Waals surface area contributed by atoms with Gasteiger partial charge >= 0.3 is 0 Å². The summed E-state index contributed by atoms with van der Waals surface area (Å²) in [5.41, 5.74) is 7.54. The number of halogens is 1. The second-order valence-electron chi connectivity index (χ2n) is 3.24. The zero-order valence-corrected chi connectivity index (χ0v) is 10.00. The van der Waals surface area contributed by atoms with Gasteiger partial charge < -0.3 is 10.2 Å². The van der Waals surface area contributed by atoms with Gasteiger partial charge in [-0.1, -0.05) is 0 Å². The lowest BCUT2D eigenvalue weighted by atomic mass is 10.2. The molecular formula is C10H10BrN3O. The number of nitrogens with zero attached hydrogens (tertiary/aromatic N) is 2. The number of hydrogen-bond donors (Lipinski definition) is 1. The van der Waals surface area contributed by atoms with Gasteiger partial charge in [0.1, 0.15) is 5.82 Å². The molecule has 0 aromatic carbocycles. The van der Waals surface area contributed by atoms with E-state index in [1.54, 1.807) is 12.3 Å². The summed E-state index contributed by atoms with van der Waals surface area (Å²) in [5.74, 6) is 1.60. The minimum atomic E-state index is 0.487. The van der Waals surface area contributed by atoms with Crippen LogP contribution in [0.25, 0.3) is 11.6 Å². The summed E-state index contributed by atoms with van der Waals surface area (Å²) in [6.07, 6.45) is 1.58. The topological polar surface area (TPSA) is 64.9 Å². The Morgan fingerprint density at radius 2 is 2.07 bits per heavy atom. The van der Waals surface area contributed by atoms with E-state index in [0.29, 0.717) is 17.4 Å². The zero-order chi connectivity index (χ0) is 11.0. The maximum absolute atomic E-state index is 5.77. The zero-order valence-electron chi connectivity index (χ0n) is 8.41. The highest BCUT2D eigenvalue weighted by Crippen LogP contribution is 2.27. The average molecular weight is 268 g/mol. The molecule has 4 nitrogen and oxygen atoms in total. The van der Waals surface area contributed by atoms with Crippen molar-refractivity contribution in [1.82, 2.24) is 9.97 Å². The van der Waals surface area contributed by atoms with Crippen molar-refractivity contribution in [3.63, 3.8) is 0 Å². The van der Waals surface area contributed by atoms with Crippen molar-refractivity contribution in [2.45, 2.75) is 13.8 Å². The smallest absolute Gasteiger partial charge is 0.199 e. The predicted octanol–water partition coefficient (Wildman–Crippen LogP) is 2.70. The Labute approximate surface area is 95.7 Å². The molecular weight excluding hydrogens is 258 g/mol. The molecule has 2 aromatic rings. The van der Waals surface area contributed by atoms with Gasteiger partial charge in [-0.2, -0.15) is 0 Å². The molecule has 15 heavy (non-hydrogen) atoms. The monoisotopic (exact) mass is 267 g/mol. The Hall–Kier alpha value is -1.36. The summed E-state index contributed by atoms with van der Waals surface area (Å²) >= 11 is 3.36. The minimum Gasteiger partial charge on any atom is -0.460 e. The Morgan fingerprint density at radius 1 is 1.33 bits per heavy atom. The lowest BCUT2D eigenvalue weighted by Crippen LogP contribution is -2.01. The molecule has 78 valence electrons. The van der Waals surface area contributed by atoms with Crippen LogP contribution in [-0.4, -0.2) is 9.97 Å². The van der Waals surface area contributed by atoms with Crippen LogP contribution < -0.4 is 5.73 Å². The molecule has 2 heterocycles. The van der Waals surface area contributed by atoms with Gasteiger partial charge in [0.2, 0.25) is 0 Å². The molecule has 0 spiro atoms. The maximum Gasteiger partial charge on any atom is 0.199 e. The first-order valence-corrected chi connectivity index (χ1v) is 5.23. The lowest BCUT2D eigenvalue weighted by molar-refractivity contribution is 0.576. The van der Waals surface area contributed by atoms with Crippen molar-refractivity contribution in [2.24, 2.45) is 0 Å². The van der Waals surface area contributed by atoms with E-state index < -0.39 is 0 Å². The second kappa shape index (κ2) is 3.66. The van der Waals surface area contributed by atoms with Gasteiger partial charge in [0, 0.05) is 11.3 Å². The number of nitrogens with two attached hydrogens (primary N) is 1. The first-order valence-electron chi connectivity index (χ1n) is 4.43.